The molecular weight excluding hydrogens is 260 g/mol. The number of aliphatic hydroxyl groups is 1. The zero-order valence-electron chi connectivity index (χ0n) is 12.5. The van der Waals surface area contributed by atoms with E-state index < -0.39 is 0 Å². The fraction of sp³-hybridized carbons (Fsp3) is 0.278. The molecule has 3 heteroatoms. The lowest BCUT2D eigenvalue weighted by Crippen LogP contribution is -2.00. The van der Waals surface area contributed by atoms with Crippen LogP contribution in [0, 0.1) is 6.92 Å². The second-order valence-corrected chi connectivity index (χ2v) is 5.35. The highest BCUT2D eigenvalue weighted by molar-refractivity contribution is 5.79. The number of aromatic nitrogens is 2. The molecule has 0 amide bonds. The van der Waals surface area contributed by atoms with E-state index in [1.54, 1.807) is 0 Å². The van der Waals surface area contributed by atoms with Gasteiger partial charge in [-0.3, -0.25) is 4.57 Å². The summed E-state index contributed by atoms with van der Waals surface area (Å²) < 4.78 is 2.22. The Labute approximate surface area is 124 Å². The number of fused-ring (bicyclic) bond motifs is 1. The fourth-order valence-corrected chi connectivity index (χ4v) is 2.71. The molecule has 0 atom stereocenters. The normalized spacial score (nSPS) is 11.2. The first-order chi connectivity index (χ1) is 10.2. The molecule has 3 rings (SSSR count). The molecule has 0 radical (unpaired) electrons. The molecule has 0 aliphatic carbocycles. The summed E-state index contributed by atoms with van der Waals surface area (Å²) in [6.45, 7) is 4.41. The van der Waals surface area contributed by atoms with E-state index in [2.05, 4.69) is 60.9 Å². The van der Waals surface area contributed by atoms with Crippen molar-refractivity contribution in [1.82, 2.24) is 9.55 Å². The monoisotopic (exact) mass is 280 g/mol. The second-order valence-electron chi connectivity index (χ2n) is 5.35. The Morgan fingerprint density at radius 3 is 2.52 bits per heavy atom. The van der Waals surface area contributed by atoms with Crippen LogP contribution in [0.5, 0.6) is 0 Å². The van der Waals surface area contributed by atoms with E-state index in [0.717, 1.165) is 34.5 Å². The predicted molar refractivity (Wildman–Crippen MR) is 86.0 cm³/mol. The first kappa shape index (κ1) is 13.8. The van der Waals surface area contributed by atoms with Crippen LogP contribution in [0.1, 0.15) is 23.9 Å². The van der Waals surface area contributed by atoms with Gasteiger partial charge in [-0.2, -0.15) is 0 Å². The largest absolute Gasteiger partial charge is 0.396 e. The highest BCUT2D eigenvalue weighted by Gasteiger charge is 2.11. The van der Waals surface area contributed by atoms with Crippen molar-refractivity contribution in [1.29, 1.82) is 0 Å². The van der Waals surface area contributed by atoms with Crippen molar-refractivity contribution in [3.8, 4) is 5.69 Å². The summed E-state index contributed by atoms with van der Waals surface area (Å²) in [5.41, 5.74) is 5.70. The molecule has 0 fully saturated rings. The number of benzene rings is 2. The molecular formula is C18H20N2O. The second kappa shape index (κ2) is 5.70. The number of aliphatic hydroxyl groups excluding tert-OH is 1. The van der Waals surface area contributed by atoms with Crippen LogP contribution in [0.3, 0.4) is 0 Å². The SMILES string of the molecule is CCc1nc2cc(C)ccc2n1-c1ccc(CCO)cc1. The van der Waals surface area contributed by atoms with Gasteiger partial charge in [0.15, 0.2) is 0 Å². The van der Waals surface area contributed by atoms with Crippen LogP contribution >= 0.6 is 0 Å². The molecule has 1 heterocycles. The van der Waals surface area contributed by atoms with E-state index >= 15 is 0 Å². The van der Waals surface area contributed by atoms with Gasteiger partial charge in [0.05, 0.1) is 11.0 Å². The third-order valence-electron chi connectivity index (χ3n) is 3.79. The van der Waals surface area contributed by atoms with Gasteiger partial charge in [-0.25, -0.2) is 4.98 Å². The van der Waals surface area contributed by atoms with Crippen LogP contribution < -0.4 is 0 Å². The Morgan fingerprint density at radius 2 is 1.86 bits per heavy atom. The standard InChI is InChI=1S/C18H20N2O/c1-3-18-19-16-12-13(2)4-9-17(16)20(18)15-7-5-14(6-8-15)10-11-21/h4-9,12,21H,3,10-11H2,1-2H3. The topological polar surface area (TPSA) is 38.0 Å². The maximum atomic E-state index is 9.01. The molecule has 0 aliphatic heterocycles. The molecule has 0 saturated heterocycles. The van der Waals surface area contributed by atoms with E-state index in [9.17, 15) is 0 Å². The summed E-state index contributed by atoms with van der Waals surface area (Å²) >= 11 is 0. The predicted octanol–water partition coefficient (Wildman–Crippen LogP) is 3.43. The van der Waals surface area contributed by atoms with Crippen LogP contribution in [-0.4, -0.2) is 21.3 Å². The van der Waals surface area contributed by atoms with Gasteiger partial charge in [0.25, 0.3) is 0 Å². The van der Waals surface area contributed by atoms with Gasteiger partial charge < -0.3 is 5.11 Å². The molecule has 1 aromatic heterocycles. The molecule has 2 aromatic carbocycles. The van der Waals surface area contributed by atoms with E-state index in [-0.39, 0.29) is 6.61 Å². The molecule has 108 valence electrons. The van der Waals surface area contributed by atoms with Gasteiger partial charge in [-0.15, -0.1) is 0 Å². The van der Waals surface area contributed by atoms with E-state index in [1.807, 2.05) is 0 Å². The molecule has 0 spiro atoms. The van der Waals surface area contributed by atoms with E-state index in [1.165, 1.54) is 5.56 Å². The third-order valence-corrected chi connectivity index (χ3v) is 3.79. The van der Waals surface area contributed by atoms with E-state index in [0.29, 0.717) is 6.42 Å². The Hall–Kier alpha value is -2.13. The molecule has 0 saturated carbocycles. The van der Waals surface area contributed by atoms with Crippen LogP contribution in [-0.2, 0) is 12.8 Å². The highest BCUT2D eigenvalue weighted by atomic mass is 16.2. The van der Waals surface area contributed by atoms with Crippen molar-refractivity contribution in [2.45, 2.75) is 26.7 Å². The summed E-state index contributed by atoms with van der Waals surface area (Å²) in [5, 5.41) is 9.01. The van der Waals surface area contributed by atoms with Gasteiger partial charge >= 0.3 is 0 Å². The zero-order valence-corrected chi connectivity index (χ0v) is 12.5. The van der Waals surface area contributed by atoms with Crippen LogP contribution in [0.2, 0.25) is 0 Å². The van der Waals surface area contributed by atoms with Gasteiger partial charge in [0.2, 0.25) is 0 Å². The number of rotatable bonds is 4. The van der Waals surface area contributed by atoms with Crippen molar-refractivity contribution < 1.29 is 5.11 Å². The smallest absolute Gasteiger partial charge is 0.114 e. The minimum atomic E-state index is 0.187. The molecule has 1 N–H and O–H groups in total. The summed E-state index contributed by atoms with van der Waals surface area (Å²) in [5.74, 6) is 1.07. The number of aryl methyl sites for hydroxylation is 2. The summed E-state index contributed by atoms with van der Waals surface area (Å²) in [6.07, 6.45) is 1.59. The number of imidazole rings is 1. The molecule has 21 heavy (non-hydrogen) atoms. The Kier molecular flexibility index (Phi) is 3.76. The lowest BCUT2D eigenvalue weighted by molar-refractivity contribution is 0.299. The number of nitrogens with zero attached hydrogens (tertiary/aromatic N) is 2. The molecule has 3 aromatic rings. The van der Waals surface area contributed by atoms with Gasteiger partial charge in [-0.1, -0.05) is 25.1 Å². The van der Waals surface area contributed by atoms with Crippen LogP contribution in [0.25, 0.3) is 16.7 Å². The fourth-order valence-electron chi connectivity index (χ4n) is 2.71. The van der Waals surface area contributed by atoms with Crippen LogP contribution in [0.4, 0.5) is 0 Å². The average Bonchev–Trinajstić information content (AvgIpc) is 2.86. The summed E-state index contributed by atoms with van der Waals surface area (Å²) in [7, 11) is 0. The minimum absolute atomic E-state index is 0.187. The van der Waals surface area contributed by atoms with Crippen molar-refractivity contribution >= 4 is 11.0 Å². The average molecular weight is 280 g/mol. The lowest BCUT2D eigenvalue weighted by Gasteiger charge is -2.09. The highest BCUT2D eigenvalue weighted by Crippen LogP contribution is 2.23. The minimum Gasteiger partial charge on any atom is -0.396 e. The quantitative estimate of drug-likeness (QED) is 0.795. The van der Waals surface area contributed by atoms with Crippen molar-refractivity contribution in [3.05, 3.63) is 59.4 Å². The van der Waals surface area contributed by atoms with Crippen molar-refractivity contribution in [2.24, 2.45) is 0 Å². The maximum Gasteiger partial charge on any atom is 0.114 e. The van der Waals surface area contributed by atoms with E-state index in [4.69, 9.17) is 10.1 Å². The van der Waals surface area contributed by atoms with Gasteiger partial charge in [0.1, 0.15) is 5.82 Å². The summed E-state index contributed by atoms with van der Waals surface area (Å²) in [4.78, 5) is 4.75. The number of hydrogen-bond acceptors (Lipinski definition) is 2. The van der Waals surface area contributed by atoms with Crippen molar-refractivity contribution in [3.63, 3.8) is 0 Å². The van der Waals surface area contributed by atoms with Gasteiger partial charge in [-0.05, 0) is 48.7 Å². The Balaban J connectivity index is 2.13. The van der Waals surface area contributed by atoms with Crippen LogP contribution in [0.15, 0.2) is 42.5 Å². The summed E-state index contributed by atoms with van der Waals surface area (Å²) in [6, 6.07) is 14.7. The first-order valence-corrected chi connectivity index (χ1v) is 7.41. The van der Waals surface area contributed by atoms with Gasteiger partial charge in [0, 0.05) is 18.7 Å². The zero-order chi connectivity index (χ0) is 14.8. The first-order valence-electron chi connectivity index (χ1n) is 7.41. The Bertz CT molecular complexity index is 757. The molecule has 0 aliphatic rings. The third kappa shape index (κ3) is 2.57. The Morgan fingerprint density at radius 1 is 1.10 bits per heavy atom. The van der Waals surface area contributed by atoms with Crippen molar-refractivity contribution in [2.75, 3.05) is 6.61 Å². The molecule has 0 bridgehead atoms. The number of hydrogen-bond donors (Lipinski definition) is 1. The lowest BCUT2D eigenvalue weighted by atomic mass is 10.1. The molecule has 0 unspecified atom stereocenters. The molecule has 3 nitrogen and oxygen atoms in total. The maximum absolute atomic E-state index is 9.01.